The number of aliphatic hydroxyl groups excluding tert-OH is 1. The molecule has 1 fully saturated rings. The third-order valence-corrected chi connectivity index (χ3v) is 6.29. The Morgan fingerprint density at radius 2 is 1.93 bits per heavy atom. The highest BCUT2D eigenvalue weighted by Gasteiger charge is 2.48. The summed E-state index contributed by atoms with van der Waals surface area (Å²) < 4.78 is 45.5. The molecule has 0 atom stereocenters. The van der Waals surface area contributed by atoms with Gasteiger partial charge in [0.1, 0.15) is 17.6 Å². The maximum Gasteiger partial charge on any atom is 0.218 e. The Bertz CT molecular complexity index is 951. The second-order valence-corrected chi connectivity index (χ2v) is 8.68. The van der Waals surface area contributed by atoms with Crippen LogP contribution in [0.5, 0.6) is 5.75 Å². The first kappa shape index (κ1) is 19.3. The Balaban J connectivity index is 1.60. The molecule has 0 unspecified atom stereocenters. The third kappa shape index (κ3) is 4.27. The van der Waals surface area contributed by atoms with Crippen LogP contribution in [0, 0.1) is 22.6 Å². The number of ether oxygens (including phenoxy) is 1. The van der Waals surface area contributed by atoms with Gasteiger partial charge in [0, 0.05) is 19.2 Å². The van der Waals surface area contributed by atoms with Crippen molar-refractivity contribution in [3.8, 4) is 11.8 Å². The predicted molar refractivity (Wildman–Crippen MR) is 96.8 cm³/mol. The summed E-state index contributed by atoms with van der Waals surface area (Å²) in [5.74, 6) is -0.560. The van der Waals surface area contributed by atoms with Crippen LogP contribution >= 0.6 is 0 Å². The Labute approximate surface area is 157 Å². The van der Waals surface area contributed by atoms with E-state index in [4.69, 9.17) is 10.00 Å². The standard InChI is InChI=1S/C19H19FN2O4S/c20-18-8-17(7-6-16(18)9-21)26-14-19(13-23)11-22(12-19)27(24,25)10-15-4-2-1-3-5-15/h1-8,23H,10-14H2. The minimum absolute atomic E-state index is 0.0478. The molecule has 0 radical (unpaired) electrons. The smallest absolute Gasteiger partial charge is 0.218 e. The topological polar surface area (TPSA) is 90.6 Å². The lowest BCUT2D eigenvalue weighted by molar-refractivity contribution is -0.0273. The lowest BCUT2D eigenvalue weighted by Crippen LogP contribution is -2.62. The Hall–Kier alpha value is -2.47. The number of hydrogen-bond acceptors (Lipinski definition) is 5. The molecule has 1 saturated heterocycles. The zero-order valence-electron chi connectivity index (χ0n) is 14.5. The zero-order chi connectivity index (χ0) is 19.5. The number of benzene rings is 2. The van der Waals surface area contributed by atoms with Gasteiger partial charge in [-0.15, -0.1) is 0 Å². The van der Waals surface area contributed by atoms with Gasteiger partial charge in [0.25, 0.3) is 0 Å². The van der Waals surface area contributed by atoms with Crippen LogP contribution in [0.1, 0.15) is 11.1 Å². The van der Waals surface area contributed by atoms with Crippen LogP contribution in [-0.2, 0) is 15.8 Å². The molecule has 6 nitrogen and oxygen atoms in total. The number of sulfonamides is 1. The molecule has 8 heteroatoms. The van der Waals surface area contributed by atoms with Crippen LogP contribution in [0.4, 0.5) is 4.39 Å². The second kappa shape index (κ2) is 7.64. The molecule has 1 N–H and O–H groups in total. The molecule has 2 aromatic carbocycles. The lowest BCUT2D eigenvalue weighted by Gasteiger charge is -2.47. The first-order valence-corrected chi connectivity index (χ1v) is 9.93. The van der Waals surface area contributed by atoms with Gasteiger partial charge >= 0.3 is 0 Å². The SMILES string of the molecule is N#Cc1ccc(OCC2(CO)CN(S(=O)(=O)Cc3ccccc3)C2)cc1F. The first-order valence-electron chi connectivity index (χ1n) is 8.33. The van der Waals surface area contributed by atoms with Crippen molar-refractivity contribution in [3.05, 3.63) is 65.5 Å². The molecular weight excluding hydrogens is 371 g/mol. The fraction of sp³-hybridized carbons (Fsp3) is 0.316. The van der Waals surface area contributed by atoms with Crippen molar-refractivity contribution in [3.63, 3.8) is 0 Å². The van der Waals surface area contributed by atoms with Gasteiger partial charge in [-0.05, 0) is 17.7 Å². The average molecular weight is 390 g/mol. The maximum absolute atomic E-state index is 13.6. The van der Waals surface area contributed by atoms with Crippen LogP contribution in [0.15, 0.2) is 48.5 Å². The van der Waals surface area contributed by atoms with Crippen molar-refractivity contribution in [2.75, 3.05) is 26.3 Å². The van der Waals surface area contributed by atoms with E-state index in [2.05, 4.69) is 0 Å². The molecule has 0 aromatic heterocycles. The van der Waals surface area contributed by atoms with E-state index in [1.807, 2.05) is 6.07 Å². The lowest BCUT2D eigenvalue weighted by atomic mass is 9.83. The van der Waals surface area contributed by atoms with Gasteiger partial charge in [-0.25, -0.2) is 12.8 Å². The van der Waals surface area contributed by atoms with Gasteiger partial charge in [0.05, 0.1) is 29.9 Å². The van der Waals surface area contributed by atoms with Crippen molar-refractivity contribution in [2.24, 2.45) is 5.41 Å². The maximum atomic E-state index is 13.6. The Morgan fingerprint density at radius 3 is 2.52 bits per heavy atom. The van der Waals surface area contributed by atoms with Crippen molar-refractivity contribution < 1.29 is 22.7 Å². The minimum atomic E-state index is -3.49. The summed E-state index contributed by atoms with van der Waals surface area (Å²) in [6, 6.07) is 14.5. The van der Waals surface area contributed by atoms with Crippen LogP contribution in [0.2, 0.25) is 0 Å². The number of halogens is 1. The highest BCUT2D eigenvalue weighted by Crippen LogP contribution is 2.34. The highest BCUT2D eigenvalue weighted by atomic mass is 32.2. The van der Waals surface area contributed by atoms with Gasteiger partial charge < -0.3 is 9.84 Å². The molecule has 0 bridgehead atoms. The van der Waals surface area contributed by atoms with Crippen LogP contribution in [0.3, 0.4) is 0 Å². The van der Waals surface area contributed by atoms with Gasteiger partial charge in [0.2, 0.25) is 10.0 Å². The van der Waals surface area contributed by atoms with E-state index in [0.717, 1.165) is 6.07 Å². The predicted octanol–water partition coefficient (Wildman–Crippen LogP) is 1.90. The number of nitrogens with zero attached hydrogens (tertiary/aromatic N) is 2. The molecule has 27 heavy (non-hydrogen) atoms. The summed E-state index contributed by atoms with van der Waals surface area (Å²) in [6.45, 7) is 0.0736. The molecule has 142 valence electrons. The van der Waals surface area contributed by atoms with Gasteiger partial charge in [0.15, 0.2) is 0 Å². The molecular formula is C19H19FN2O4S. The molecule has 3 rings (SSSR count). The molecule has 0 amide bonds. The van der Waals surface area contributed by atoms with Gasteiger partial charge in [-0.3, -0.25) is 0 Å². The number of aliphatic hydroxyl groups is 1. The fourth-order valence-corrected chi connectivity index (χ4v) is 4.66. The number of nitriles is 1. The molecule has 0 spiro atoms. The largest absolute Gasteiger partial charge is 0.493 e. The van der Waals surface area contributed by atoms with E-state index in [1.165, 1.54) is 16.4 Å². The Morgan fingerprint density at radius 1 is 1.22 bits per heavy atom. The first-order chi connectivity index (χ1) is 12.9. The summed E-state index contributed by atoms with van der Waals surface area (Å²) in [4.78, 5) is 0. The van der Waals surface area contributed by atoms with E-state index < -0.39 is 21.3 Å². The second-order valence-electron chi connectivity index (χ2n) is 6.71. The molecule has 2 aromatic rings. The average Bonchev–Trinajstić information content (AvgIpc) is 2.61. The van der Waals surface area contributed by atoms with Crippen molar-refractivity contribution in [2.45, 2.75) is 5.75 Å². The van der Waals surface area contributed by atoms with Crippen LogP contribution in [0.25, 0.3) is 0 Å². The molecule has 0 aliphatic carbocycles. The summed E-state index contributed by atoms with van der Waals surface area (Å²) >= 11 is 0. The van der Waals surface area contributed by atoms with E-state index >= 15 is 0 Å². The zero-order valence-corrected chi connectivity index (χ0v) is 15.3. The van der Waals surface area contributed by atoms with Crippen molar-refractivity contribution >= 4 is 10.0 Å². The molecule has 1 heterocycles. The van der Waals surface area contributed by atoms with Crippen molar-refractivity contribution in [1.82, 2.24) is 4.31 Å². The van der Waals surface area contributed by atoms with Crippen molar-refractivity contribution in [1.29, 1.82) is 5.26 Å². The van der Waals surface area contributed by atoms with Crippen LogP contribution < -0.4 is 4.74 Å². The van der Waals surface area contributed by atoms with Crippen LogP contribution in [-0.4, -0.2) is 44.1 Å². The number of hydrogen-bond donors (Lipinski definition) is 1. The molecule has 1 aliphatic rings. The van der Waals surface area contributed by atoms with E-state index in [9.17, 15) is 17.9 Å². The molecule has 0 saturated carbocycles. The van der Waals surface area contributed by atoms with Gasteiger partial charge in [-0.2, -0.15) is 9.57 Å². The van der Waals surface area contributed by atoms with E-state index in [1.54, 1.807) is 30.3 Å². The quantitative estimate of drug-likeness (QED) is 0.780. The monoisotopic (exact) mass is 390 g/mol. The van der Waals surface area contributed by atoms with E-state index in [0.29, 0.717) is 5.56 Å². The third-order valence-electron chi connectivity index (χ3n) is 4.55. The Kier molecular flexibility index (Phi) is 5.46. The van der Waals surface area contributed by atoms with Gasteiger partial charge in [-0.1, -0.05) is 30.3 Å². The highest BCUT2D eigenvalue weighted by molar-refractivity contribution is 7.88. The summed E-state index contributed by atoms with van der Waals surface area (Å²) in [5.41, 5.74) is -0.113. The normalized spacial score (nSPS) is 16.3. The minimum Gasteiger partial charge on any atom is -0.493 e. The molecule has 1 aliphatic heterocycles. The summed E-state index contributed by atoms with van der Waals surface area (Å²) in [6.07, 6.45) is 0. The summed E-state index contributed by atoms with van der Waals surface area (Å²) in [5, 5.41) is 18.4. The number of rotatable bonds is 7. The fourth-order valence-electron chi connectivity index (χ4n) is 2.92. The van der Waals surface area contributed by atoms with E-state index in [-0.39, 0.29) is 43.4 Å². The summed E-state index contributed by atoms with van der Waals surface area (Å²) in [7, 11) is -3.49.